The molecule has 0 saturated heterocycles. The topological polar surface area (TPSA) is 164 Å². The van der Waals surface area contributed by atoms with Crippen molar-refractivity contribution < 1.29 is 84.7 Å². The predicted molar refractivity (Wildman–Crippen MR) is 256 cm³/mol. The first kappa shape index (κ1) is 56.1. The summed E-state index contributed by atoms with van der Waals surface area (Å²) >= 11 is 0. The Morgan fingerprint density at radius 3 is 1.55 bits per heavy atom. The Morgan fingerprint density at radius 2 is 1.11 bits per heavy atom. The number of esters is 2. The van der Waals surface area contributed by atoms with Gasteiger partial charge in [-0.2, -0.15) is 47.8 Å². The maximum Gasteiger partial charge on any atom is 0.420 e. The highest BCUT2D eigenvalue weighted by atomic mass is 32.2. The van der Waals surface area contributed by atoms with Gasteiger partial charge in [-0.25, -0.2) is 18.0 Å². The van der Waals surface area contributed by atoms with Gasteiger partial charge in [0.15, 0.2) is 17.9 Å². The van der Waals surface area contributed by atoms with Crippen molar-refractivity contribution in [2.45, 2.75) is 86.7 Å². The summed E-state index contributed by atoms with van der Waals surface area (Å²) in [6.07, 6.45) is -7.18. The van der Waals surface area contributed by atoms with E-state index in [0.717, 1.165) is 59.9 Å². The fraction of sp³-hybridized carbons (Fsp3) is 0.353. The van der Waals surface area contributed by atoms with E-state index in [0.29, 0.717) is 35.6 Å². The molecule has 73 heavy (non-hydrogen) atoms. The van der Waals surface area contributed by atoms with Gasteiger partial charge in [-0.1, -0.05) is 56.3 Å². The lowest BCUT2D eigenvalue weighted by Crippen LogP contribution is -2.28. The zero-order valence-electron chi connectivity index (χ0n) is 40.8. The molecule has 0 spiro atoms. The SMILES string of the molecule is CCN1/C(=C/C=C/C=C/C2=[N+](CC)c3ccc(S(=O)(=O)OC(c4ccc(OC(=O)COC)cc4)C(F)(F)F)cc3C2(C)C)C(C)(C)c2cc(S(=O)(=O)OC(c3ccc(OC(=O)COC)cc3)C(F)(F)F)ccc21. The van der Waals surface area contributed by atoms with Crippen LogP contribution in [-0.4, -0.2) is 91.9 Å². The molecule has 2 atom stereocenters. The quantitative estimate of drug-likeness (QED) is 0.0218. The van der Waals surface area contributed by atoms with E-state index in [4.69, 9.17) is 17.8 Å². The van der Waals surface area contributed by atoms with Crippen LogP contribution in [0.2, 0.25) is 0 Å². The molecular formula is C51H53F6N2O12S2+. The number of hydrogen-bond donors (Lipinski definition) is 0. The minimum absolute atomic E-state index is 0.0864. The van der Waals surface area contributed by atoms with Crippen molar-refractivity contribution in [3.8, 4) is 11.5 Å². The second-order valence-corrected chi connectivity index (χ2v) is 20.8. The maximum atomic E-state index is 14.4. The summed E-state index contributed by atoms with van der Waals surface area (Å²) in [5.74, 6) is -1.76. The van der Waals surface area contributed by atoms with Crippen molar-refractivity contribution in [3.63, 3.8) is 0 Å². The fourth-order valence-electron chi connectivity index (χ4n) is 8.60. The summed E-state index contributed by atoms with van der Waals surface area (Å²) in [6, 6.07) is 16.0. The molecule has 0 amide bonds. The highest BCUT2D eigenvalue weighted by molar-refractivity contribution is 7.87. The summed E-state index contributed by atoms with van der Waals surface area (Å²) in [7, 11) is -7.53. The summed E-state index contributed by atoms with van der Waals surface area (Å²) in [6.45, 7) is 11.2. The smallest absolute Gasteiger partial charge is 0.420 e. The molecule has 2 heterocycles. The van der Waals surface area contributed by atoms with Crippen LogP contribution in [0.3, 0.4) is 0 Å². The van der Waals surface area contributed by atoms with Crippen LogP contribution in [0, 0.1) is 0 Å². The van der Waals surface area contributed by atoms with Gasteiger partial charge in [-0.05, 0) is 105 Å². The average Bonchev–Trinajstić information content (AvgIpc) is 3.67. The number of likely N-dealkylation sites (N-methyl/N-ethyl adjacent to an activating group) is 1. The molecular weight excluding hydrogens is 1010 g/mol. The predicted octanol–water partition coefficient (Wildman–Crippen LogP) is 10.0. The normalized spacial score (nSPS) is 17.1. The molecule has 2 aliphatic heterocycles. The molecule has 0 aliphatic carbocycles. The first-order chi connectivity index (χ1) is 34.1. The molecule has 0 bridgehead atoms. The largest absolute Gasteiger partial charge is 0.425 e. The molecule has 4 aromatic carbocycles. The van der Waals surface area contributed by atoms with Gasteiger partial charge in [0, 0.05) is 55.3 Å². The average molecular weight is 1060 g/mol. The second kappa shape index (κ2) is 21.7. The number of nitrogens with zero attached hydrogens (tertiary/aromatic N) is 2. The van der Waals surface area contributed by atoms with Crippen molar-refractivity contribution >= 4 is 49.3 Å². The first-order valence-electron chi connectivity index (χ1n) is 22.5. The number of carbonyl (C=O) groups is 2. The molecule has 2 aliphatic rings. The van der Waals surface area contributed by atoms with Gasteiger partial charge < -0.3 is 23.8 Å². The van der Waals surface area contributed by atoms with Crippen LogP contribution in [0.5, 0.6) is 11.5 Å². The zero-order valence-corrected chi connectivity index (χ0v) is 42.5. The molecule has 0 fully saturated rings. The van der Waals surface area contributed by atoms with Gasteiger partial charge in [0.05, 0.1) is 15.2 Å². The van der Waals surface area contributed by atoms with Gasteiger partial charge in [-0.15, -0.1) is 0 Å². The summed E-state index contributed by atoms with van der Waals surface area (Å²) in [4.78, 5) is 24.4. The number of alkyl halides is 6. The number of rotatable bonds is 19. The second-order valence-electron chi connectivity index (χ2n) is 17.7. The number of allylic oxidation sites excluding steroid dienone is 6. The van der Waals surface area contributed by atoms with Crippen LogP contribution in [0.4, 0.5) is 37.7 Å². The van der Waals surface area contributed by atoms with E-state index >= 15 is 0 Å². The third-order valence-corrected chi connectivity index (χ3v) is 14.6. The summed E-state index contributed by atoms with van der Waals surface area (Å²) in [5.41, 5.74) is 0.946. The van der Waals surface area contributed by atoms with Crippen molar-refractivity contribution in [3.05, 3.63) is 143 Å². The third kappa shape index (κ3) is 12.3. The number of carbonyl (C=O) groups excluding carboxylic acids is 2. The van der Waals surface area contributed by atoms with E-state index in [-0.39, 0.29) is 11.5 Å². The van der Waals surface area contributed by atoms with E-state index in [1.165, 1.54) is 50.6 Å². The van der Waals surface area contributed by atoms with Crippen LogP contribution in [0.1, 0.15) is 76.0 Å². The number of hydrogen-bond acceptors (Lipinski definition) is 13. The Bertz CT molecular complexity index is 3070. The summed E-state index contributed by atoms with van der Waals surface area (Å²) in [5, 5.41) is 0. The lowest BCUT2D eigenvalue weighted by molar-refractivity contribution is -0.433. The number of benzene rings is 4. The van der Waals surface area contributed by atoms with E-state index in [2.05, 4.69) is 9.47 Å². The van der Waals surface area contributed by atoms with Crippen molar-refractivity contribution in [1.29, 1.82) is 0 Å². The van der Waals surface area contributed by atoms with E-state index in [9.17, 15) is 52.8 Å². The zero-order chi connectivity index (χ0) is 53.9. The number of halogens is 6. The minimum Gasteiger partial charge on any atom is -0.425 e. The van der Waals surface area contributed by atoms with Crippen LogP contribution in [0.25, 0.3) is 0 Å². The van der Waals surface area contributed by atoms with Gasteiger partial charge in [0.2, 0.25) is 5.69 Å². The highest BCUT2D eigenvalue weighted by Crippen LogP contribution is 2.49. The molecule has 4 aromatic rings. The van der Waals surface area contributed by atoms with Crippen molar-refractivity contribution in [2.24, 2.45) is 0 Å². The maximum absolute atomic E-state index is 14.4. The van der Waals surface area contributed by atoms with Crippen LogP contribution in [-0.2, 0) is 58.5 Å². The fourth-order valence-corrected chi connectivity index (χ4v) is 10.8. The van der Waals surface area contributed by atoms with Crippen LogP contribution >= 0.6 is 0 Å². The molecule has 0 radical (unpaired) electrons. The molecule has 6 rings (SSSR count). The number of anilines is 1. The van der Waals surface area contributed by atoms with Gasteiger partial charge in [0.1, 0.15) is 31.3 Å². The molecule has 0 saturated carbocycles. The Balaban J connectivity index is 1.20. The van der Waals surface area contributed by atoms with Crippen LogP contribution in [0.15, 0.2) is 131 Å². The monoisotopic (exact) mass is 1060 g/mol. The molecule has 22 heteroatoms. The van der Waals surface area contributed by atoms with Crippen LogP contribution < -0.4 is 14.4 Å². The molecule has 2 unspecified atom stereocenters. The van der Waals surface area contributed by atoms with E-state index < -0.39 is 102 Å². The minimum atomic E-state index is -5.16. The molecule has 14 nitrogen and oxygen atoms in total. The standard InChI is InChI=1S/C51H53F6N2O12S2/c1-9-58-40-26-24-36(72(62,63)70-46(50(52,53)54)32-16-20-34(21-17-32)68-44(60)30-66-7)28-38(40)48(3,4)42(58)14-12-11-13-15-43-49(5,6)39-29-37(25-27-41(39)59(43)10-2)73(64,65)71-47(51(55,56)57)33-18-22-35(23-19-33)69-45(61)31-67-8/h11-29,46-47H,9-10,30-31H2,1-8H3/q+1. The molecule has 392 valence electrons. The molecule has 0 aromatic heterocycles. The number of fused-ring (bicyclic) bond motifs is 2. The highest BCUT2D eigenvalue weighted by Gasteiger charge is 2.49. The van der Waals surface area contributed by atoms with E-state index in [1.54, 1.807) is 18.2 Å². The Morgan fingerprint density at radius 1 is 0.644 bits per heavy atom. The van der Waals surface area contributed by atoms with Gasteiger partial charge >= 0.3 is 24.3 Å². The van der Waals surface area contributed by atoms with E-state index in [1.807, 2.05) is 63.2 Å². The number of methoxy groups -OCH3 is 2. The Hall–Kier alpha value is -6.17. The number of ether oxygens (including phenoxy) is 4. The third-order valence-electron chi connectivity index (χ3n) is 12.1. The molecule has 0 N–H and O–H groups in total. The summed E-state index contributed by atoms with van der Waals surface area (Å²) < 4.78 is 172. The lowest BCUT2D eigenvalue weighted by Gasteiger charge is -2.25. The lowest BCUT2D eigenvalue weighted by atomic mass is 9.81. The van der Waals surface area contributed by atoms with Gasteiger partial charge in [0.25, 0.3) is 20.2 Å². The Kier molecular flexibility index (Phi) is 16.7. The van der Waals surface area contributed by atoms with Gasteiger partial charge in [-0.3, -0.25) is 0 Å². The van der Waals surface area contributed by atoms with Crippen molar-refractivity contribution in [1.82, 2.24) is 0 Å². The van der Waals surface area contributed by atoms with Crippen molar-refractivity contribution in [2.75, 3.05) is 45.4 Å². The Labute approximate surface area is 419 Å². The first-order valence-corrected chi connectivity index (χ1v) is 25.3.